The molecule has 1 aromatic heterocycles. The second-order valence-electron chi connectivity index (χ2n) is 5.27. The van der Waals surface area contributed by atoms with E-state index in [9.17, 15) is 14.9 Å². The van der Waals surface area contributed by atoms with Gasteiger partial charge in [0.1, 0.15) is 0 Å². The lowest BCUT2D eigenvalue weighted by molar-refractivity contribution is -0.383. The summed E-state index contributed by atoms with van der Waals surface area (Å²) in [7, 11) is 0. The van der Waals surface area contributed by atoms with Crippen LogP contribution < -0.4 is 11.3 Å². The Morgan fingerprint density at radius 1 is 1.45 bits per heavy atom. The number of hydrogen-bond donors (Lipinski definition) is 2. The maximum absolute atomic E-state index is 11.7. The van der Waals surface area contributed by atoms with Crippen molar-refractivity contribution in [3.63, 3.8) is 0 Å². The number of nitrogens with two attached hydrogens (primary N) is 1. The van der Waals surface area contributed by atoms with Crippen molar-refractivity contribution in [1.29, 1.82) is 0 Å². The van der Waals surface area contributed by atoms with Crippen molar-refractivity contribution in [3.8, 4) is 0 Å². The number of amides is 1. The first-order valence-corrected chi connectivity index (χ1v) is 6.10. The number of carbonyl (C=O) groups excluding carboxylic acids is 1. The van der Waals surface area contributed by atoms with Gasteiger partial charge in [-0.3, -0.25) is 20.3 Å². The van der Waals surface area contributed by atoms with Gasteiger partial charge < -0.3 is 4.57 Å². The minimum absolute atomic E-state index is 0.0577. The lowest BCUT2D eigenvalue weighted by Crippen LogP contribution is -2.43. The first-order valence-electron chi connectivity index (χ1n) is 6.10. The fourth-order valence-corrected chi connectivity index (χ4v) is 2.20. The van der Waals surface area contributed by atoms with Crippen LogP contribution in [0.5, 0.6) is 0 Å². The Labute approximate surface area is 115 Å². The number of nitro groups is 1. The van der Waals surface area contributed by atoms with E-state index in [0.717, 1.165) is 5.52 Å². The molecule has 0 aliphatic rings. The predicted molar refractivity (Wildman–Crippen MR) is 74.7 cm³/mol. The summed E-state index contributed by atoms with van der Waals surface area (Å²) >= 11 is 0. The Morgan fingerprint density at radius 3 is 2.75 bits per heavy atom. The molecule has 106 valence electrons. The molecular weight excluding hydrogens is 260 g/mol. The Balaban J connectivity index is 2.45. The molecule has 2 rings (SSSR count). The van der Waals surface area contributed by atoms with E-state index in [1.54, 1.807) is 38.2 Å². The first-order chi connectivity index (χ1) is 9.36. The minimum atomic E-state index is -0.717. The molecule has 7 nitrogen and oxygen atoms in total. The molecule has 0 aliphatic heterocycles. The second-order valence-corrected chi connectivity index (χ2v) is 5.27. The number of hydrazine groups is 1. The van der Waals surface area contributed by atoms with Crippen LogP contribution >= 0.6 is 0 Å². The molecular formula is C13H16N4O3. The van der Waals surface area contributed by atoms with Crippen LogP contribution in [0.4, 0.5) is 5.69 Å². The molecule has 0 unspecified atom stereocenters. The molecule has 1 amide bonds. The number of benzene rings is 1. The standard InChI is InChI=1S/C13H16N4O3/c1-13(2,12(18)15-14)8-16-7-6-9-10(16)4-3-5-11(9)17(19)20/h3-7H,8,14H2,1-2H3,(H,15,18). The third-order valence-corrected chi connectivity index (χ3v) is 3.30. The van der Waals surface area contributed by atoms with Crippen molar-refractivity contribution in [2.24, 2.45) is 11.3 Å². The summed E-state index contributed by atoms with van der Waals surface area (Å²) in [5.41, 5.74) is 2.20. The average molecular weight is 276 g/mol. The van der Waals surface area contributed by atoms with Crippen molar-refractivity contribution >= 4 is 22.5 Å². The average Bonchev–Trinajstić information content (AvgIpc) is 2.80. The lowest BCUT2D eigenvalue weighted by Gasteiger charge is -2.23. The smallest absolute Gasteiger partial charge is 0.278 e. The van der Waals surface area contributed by atoms with E-state index < -0.39 is 10.3 Å². The summed E-state index contributed by atoms with van der Waals surface area (Å²) in [5.74, 6) is 4.88. The largest absolute Gasteiger partial charge is 0.346 e. The molecule has 1 heterocycles. The van der Waals surface area contributed by atoms with Crippen LogP contribution in [0.25, 0.3) is 10.9 Å². The summed E-state index contributed by atoms with van der Waals surface area (Å²) in [6.45, 7) is 3.90. The van der Waals surface area contributed by atoms with E-state index in [0.29, 0.717) is 11.9 Å². The van der Waals surface area contributed by atoms with Gasteiger partial charge in [0, 0.05) is 18.8 Å². The van der Waals surface area contributed by atoms with Crippen LogP contribution in [0.15, 0.2) is 30.5 Å². The number of hydrogen-bond acceptors (Lipinski definition) is 4. The fourth-order valence-electron chi connectivity index (χ4n) is 2.20. The second kappa shape index (κ2) is 4.93. The highest BCUT2D eigenvalue weighted by atomic mass is 16.6. The third kappa shape index (κ3) is 2.35. The van der Waals surface area contributed by atoms with Crippen LogP contribution in [0.2, 0.25) is 0 Å². The first kappa shape index (κ1) is 14.0. The monoisotopic (exact) mass is 276 g/mol. The maximum Gasteiger partial charge on any atom is 0.278 e. The van der Waals surface area contributed by atoms with Gasteiger partial charge in [0.25, 0.3) is 5.69 Å². The molecule has 2 aromatic rings. The third-order valence-electron chi connectivity index (χ3n) is 3.30. The molecule has 0 saturated heterocycles. The zero-order valence-corrected chi connectivity index (χ0v) is 11.3. The van der Waals surface area contributed by atoms with Crippen molar-refractivity contribution in [2.75, 3.05) is 0 Å². The van der Waals surface area contributed by atoms with Gasteiger partial charge in [-0.1, -0.05) is 6.07 Å². The molecule has 0 bridgehead atoms. The van der Waals surface area contributed by atoms with E-state index in [-0.39, 0.29) is 11.6 Å². The molecule has 3 N–H and O–H groups in total. The van der Waals surface area contributed by atoms with Crippen LogP contribution in [0, 0.1) is 15.5 Å². The minimum Gasteiger partial charge on any atom is -0.346 e. The molecule has 0 atom stereocenters. The Morgan fingerprint density at radius 2 is 2.15 bits per heavy atom. The zero-order chi connectivity index (χ0) is 14.9. The Kier molecular flexibility index (Phi) is 3.46. The number of nitrogens with one attached hydrogen (secondary N) is 1. The SMILES string of the molecule is CC(C)(Cn1ccc2c([N+](=O)[O-])cccc21)C(=O)NN. The van der Waals surface area contributed by atoms with Gasteiger partial charge in [0.2, 0.25) is 5.91 Å². The van der Waals surface area contributed by atoms with E-state index in [1.807, 2.05) is 4.57 Å². The zero-order valence-electron chi connectivity index (χ0n) is 11.3. The van der Waals surface area contributed by atoms with Gasteiger partial charge in [-0.05, 0) is 26.0 Å². The molecule has 1 aromatic carbocycles. The molecule has 0 radical (unpaired) electrons. The van der Waals surface area contributed by atoms with Crippen LogP contribution in [0.1, 0.15) is 13.8 Å². The summed E-state index contributed by atoms with van der Waals surface area (Å²) in [4.78, 5) is 22.3. The molecule has 0 fully saturated rings. The highest BCUT2D eigenvalue weighted by Gasteiger charge is 2.28. The highest BCUT2D eigenvalue weighted by Crippen LogP contribution is 2.28. The number of non-ortho nitro benzene ring substituents is 1. The molecule has 7 heteroatoms. The number of fused-ring (bicyclic) bond motifs is 1. The quantitative estimate of drug-likeness (QED) is 0.383. The molecule has 0 aliphatic carbocycles. The van der Waals surface area contributed by atoms with Crippen molar-refractivity contribution < 1.29 is 9.72 Å². The van der Waals surface area contributed by atoms with Crippen molar-refractivity contribution in [2.45, 2.75) is 20.4 Å². The normalized spacial score (nSPS) is 11.6. The van der Waals surface area contributed by atoms with Gasteiger partial charge in [-0.2, -0.15) is 0 Å². The summed E-state index contributed by atoms with van der Waals surface area (Å²) in [5, 5.41) is 11.5. The molecule has 0 spiro atoms. The topological polar surface area (TPSA) is 103 Å². The van der Waals surface area contributed by atoms with Crippen molar-refractivity contribution in [1.82, 2.24) is 9.99 Å². The Bertz CT molecular complexity index is 675. The Hall–Kier alpha value is -2.41. The van der Waals surface area contributed by atoms with Gasteiger partial charge in [0.15, 0.2) is 0 Å². The van der Waals surface area contributed by atoms with Crippen LogP contribution in [0.3, 0.4) is 0 Å². The van der Waals surface area contributed by atoms with Gasteiger partial charge in [-0.25, -0.2) is 5.84 Å². The number of carbonyl (C=O) groups is 1. The molecule has 20 heavy (non-hydrogen) atoms. The highest BCUT2D eigenvalue weighted by molar-refractivity contribution is 5.89. The molecule has 0 saturated carbocycles. The van der Waals surface area contributed by atoms with Gasteiger partial charge >= 0.3 is 0 Å². The summed E-state index contributed by atoms with van der Waals surface area (Å²) in [6.07, 6.45) is 1.74. The van der Waals surface area contributed by atoms with E-state index >= 15 is 0 Å². The van der Waals surface area contributed by atoms with Gasteiger partial charge in [-0.15, -0.1) is 0 Å². The number of nitrogens with zero attached hydrogens (tertiary/aromatic N) is 2. The summed E-state index contributed by atoms with van der Waals surface area (Å²) < 4.78 is 1.82. The number of rotatable bonds is 4. The predicted octanol–water partition coefficient (Wildman–Crippen LogP) is 1.57. The van der Waals surface area contributed by atoms with E-state index in [2.05, 4.69) is 5.43 Å². The lowest BCUT2D eigenvalue weighted by atomic mass is 9.92. The number of aromatic nitrogens is 1. The van der Waals surface area contributed by atoms with Crippen molar-refractivity contribution in [3.05, 3.63) is 40.6 Å². The van der Waals surface area contributed by atoms with Crippen LogP contribution in [-0.4, -0.2) is 15.4 Å². The fraction of sp³-hybridized carbons (Fsp3) is 0.308. The van der Waals surface area contributed by atoms with E-state index in [4.69, 9.17) is 5.84 Å². The van der Waals surface area contributed by atoms with Crippen LogP contribution in [-0.2, 0) is 11.3 Å². The van der Waals surface area contributed by atoms with Gasteiger partial charge in [0.05, 0.1) is 21.2 Å². The summed E-state index contributed by atoms with van der Waals surface area (Å²) in [6, 6.07) is 6.57. The number of nitro benzene ring substituents is 1. The van der Waals surface area contributed by atoms with E-state index in [1.165, 1.54) is 6.07 Å². The maximum atomic E-state index is 11.7.